The Labute approximate surface area is 210 Å². The van der Waals surface area contributed by atoms with Crippen LogP contribution in [0.2, 0.25) is 0 Å². The minimum atomic E-state index is -4.30. The highest BCUT2D eigenvalue weighted by Gasteiger charge is 2.29. The van der Waals surface area contributed by atoms with E-state index in [0.29, 0.717) is 22.9 Å². The summed E-state index contributed by atoms with van der Waals surface area (Å²) in [4.78, 5) is 1.05. The van der Waals surface area contributed by atoms with Crippen LogP contribution in [0.3, 0.4) is 0 Å². The lowest BCUT2D eigenvalue weighted by Crippen LogP contribution is -2.20. The molecule has 2 aliphatic rings. The van der Waals surface area contributed by atoms with Crippen molar-refractivity contribution < 1.29 is 25.9 Å². The molecule has 0 saturated carbocycles. The second-order valence-electron chi connectivity index (χ2n) is 6.39. The Morgan fingerprint density at radius 1 is 0.765 bits per heavy atom. The Kier molecular flexibility index (Phi) is 9.22. The molecule has 0 amide bonds. The van der Waals surface area contributed by atoms with E-state index in [0.717, 1.165) is 11.4 Å². The van der Waals surface area contributed by atoms with Gasteiger partial charge >= 0.3 is 0 Å². The number of benzene rings is 2. The van der Waals surface area contributed by atoms with Crippen LogP contribution >= 0.6 is 21.6 Å². The van der Waals surface area contributed by atoms with Crippen LogP contribution < -0.4 is 20.9 Å². The predicted molar refractivity (Wildman–Crippen MR) is 140 cm³/mol. The third kappa shape index (κ3) is 5.61. The molecular formula is C16H24N6O6S6. The van der Waals surface area contributed by atoms with Crippen molar-refractivity contribution in [2.75, 3.05) is 21.7 Å². The van der Waals surface area contributed by atoms with Crippen molar-refractivity contribution in [2.24, 2.45) is 8.94 Å². The van der Waals surface area contributed by atoms with Crippen LogP contribution in [0.25, 0.3) is 0 Å². The van der Waals surface area contributed by atoms with E-state index in [1.807, 2.05) is 22.5 Å². The maximum atomic E-state index is 11.5. The highest BCUT2D eigenvalue weighted by atomic mass is 33.1. The Morgan fingerprint density at radius 3 is 1.41 bits per heavy atom. The molecule has 34 heavy (non-hydrogen) atoms. The van der Waals surface area contributed by atoms with Crippen LogP contribution in [0, 0.1) is 0 Å². The van der Waals surface area contributed by atoms with Crippen LogP contribution in [-0.4, -0.2) is 39.0 Å². The zero-order valence-corrected chi connectivity index (χ0v) is 23.0. The molecule has 8 N–H and O–H groups in total. The van der Waals surface area contributed by atoms with Crippen molar-refractivity contribution in [3.8, 4) is 0 Å². The van der Waals surface area contributed by atoms with E-state index in [1.54, 1.807) is 12.1 Å². The first kappa shape index (κ1) is 29.0. The summed E-state index contributed by atoms with van der Waals surface area (Å²) in [6, 6.07) is 8.87. The number of hydrogen-bond donors (Lipinski definition) is 4. The molecule has 2 aliphatic heterocycles. The van der Waals surface area contributed by atoms with E-state index < -0.39 is 40.1 Å². The van der Waals surface area contributed by atoms with Crippen molar-refractivity contribution in [3.63, 3.8) is 0 Å². The van der Waals surface area contributed by atoms with E-state index in [1.165, 1.54) is 45.9 Å². The molecule has 2 unspecified atom stereocenters. The molecule has 0 radical (unpaired) electrons. The highest BCUT2D eigenvalue weighted by Crippen LogP contribution is 2.46. The van der Waals surface area contributed by atoms with Crippen LogP contribution in [0.4, 0.5) is 11.4 Å². The fraction of sp³-hybridized carbons (Fsp3) is 0.250. The first-order valence-electron chi connectivity index (χ1n) is 9.08. The average Bonchev–Trinajstić information content (AvgIpc) is 3.26. The summed E-state index contributed by atoms with van der Waals surface area (Å²) in [7, 11) is -7.33. The summed E-state index contributed by atoms with van der Waals surface area (Å²) in [5.41, 5.74) is 1.64. The van der Waals surface area contributed by atoms with Crippen molar-refractivity contribution in [3.05, 3.63) is 36.4 Å². The molecule has 0 fully saturated rings. The summed E-state index contributed by atoms with van der Waals surface area (Å²) >= 11 is 0. The Bertz CT molecular complexity index is 1280. The summed E-state index contributed by atoms with van der Waals surface area (Å²) in [6.07, 6.45) is 0. The van der Waals surface area contributed by atoms with Gasteiger partial charge in [-0.15, -0.1) is 0 Å². The van der Waals surface area contributed by atoms with Gasteiger partial charge < -0.3 is 12.3 Å². The topological polar surface area (TPSA) is 210 Å². The van der Waals surface area contributed by atoms with Gasteiger partial charge in [-0.3, -0.25) is 17.7 Å². The minimum absolute atomic E-state index is 0. The maximum absolute atomic E-state index is 11.5. The van der Waals surface area contributed by atoms with Crippen LogP contribution in [-0.2, 0) is 40.1 Å². The summed E-state index contributed by atoms with van der Waals surface area (Å²) in [5, 5.41) is 0. The molecule has 2 aromatic rings. The molecule has 0 aliphatic carbocycles. The lowest BCUT2D eigenvalue weighted by Gasteiger charge is -2.18. The second-order valence-corrected chi connectivity index (χ2v) is 15.4. The molecule has 2 aromatic carbocycles. The Balaban J connectivity index is 0.00000204. The lowest BCUT2D eigenvalue weighted by atomic mass is 10.3. The number of anilines is 2. The zero-order chi connectivity index (χ0) is 23.3. The first-order valence-corrected chi connectivity index (χ1v) is 16.9. The largest absolute Gasteiger partial charge is 0.344 e. The van der Waals surface area contributed by atoms with E-state index in [4.69, 9.17) is 0 Å². The Morgan fingerprint density at radius 2 is 1.12 bits per heavy atom. The van der Waals surface area contributed by atoms with Crippen LogP contribution in [0.15, 0.2) is 64.9 Å². The summed E-state index contributed by atoms with van der Waals surface area (Å²) in [6.45, 7) is 5.17. The fourth-order valence-electron chi connectivity index (χ4n) is 3.01. The van der Waals surface area contributed by atoms with E-state index >= 15 is 0 Å². The lowest BCUT2D eigenvalue weighted by molar-refractivity contribution is 0.480. The summed E-state index contributed by atoms with van der Waals surface area (Å²) in [5.74, 6) is 0. The normalized spacial score (nSPS) is 19.5. The van der Waals surface area contributed by atoms with Gasteiger partial charge in [0, 0.05) is 22.9 Å². The van der Waals surface area contributed by atoms with Gasteiger partial charge in [0.05, 0.1) is 41.0 Å². The third-order valence-electron chi connectivity index (χ3n) is 4.45. The molecule has 18 heteroatoms. The molecule has 0 aromatic heterocycles. The predicted octanol–water partition coefficient (Wildman–Crippen LogP) is 4.25. The summed E-state index contributed by atoms with van der Waals surface area (Å²) < 4.78 is 77.5. The SMILES string of the molecule is CCN1c2ccc(S(=O)(=O)O)cc2SS1=NN=S1Sc2cc(S(=O)(=O)O)ccc2N1CC.N.N. The Hall–Kier alpha value is -1.22. The molecule has 2 heterocycles. The van der Waals surface area contributed by atoms with Gasteiger partial charge in [0.15, 0.2) is 0 Å². The monoisotopic (exact) mass is 588 g/mol. The van der Waals surface area contributed by atoms with Crippen molar-refractivity contribution in [1.29, 1.82) is 0 Å². The van der Waals surface area contributed by atoms with Gasteiger partial charge in [-0.25, -0.2) is 0 Å². The molecule has 0 saturated heterocycles. The fourth-order valence-corrected chi connectivity index (χ4v) is 11.6. The van der Waals surface area contributed by atoms with Crippen molar-refractivity contribution in [2.45, 2.75) is 33.4 Å². The standard InChI is InChI=1S/C16H18N4O6S6.2H3N/c1-3-19-13-7-5-11(31(21,22)23)9-15(13)27-29(19)17-18-30-20(4-2)14-8-6-12(32(24,25)26)10-16(14)28-30;;/h5-10H,3-4H2,1-2H3,(H,21,22,23)(H,24,25,26);2*1H3. The number of rotatable bonds is 5. The van der Waals surface area contributed by atoms with Gasteiger partial charge in [0.1, 0.15) is 0 Å². The average molecular weight is 589 g/mol. The molecule has 0 spiro atoms. The minimum Gasteiger partial charge on any atom is -0.344 e. The van der Waals surface area contributed by atoms with Crippen LogP contribution in [0.1, 0.15) is 13.8 Å². The van der Waals surface area contributed by atoms with Gasteiger partial charge in [-0.1, -0.05) is 8.94 Å². The van der Waals surface area contributed by atoms with E-state index in [-0.39, 0.29) is 22.1 Å². The van der Waals surface area contributed by atoms with E-state index in [2.05, 4.69) is 8.94 Å². The van der Waals surface area contributed by atoms with Crippen molar-refractivity contribution in [1.82, 2.24) is 12.3 Å². The number of hydrogen-bond acceptors (Lipinski definition) is 8. The molecular weight excluding hydrogens is 565 g/mol. The molecule has 4 rings (SSSR count). The van der Waals surface area contributed by atoms with Gasteiger partial charge in [0.2, 0.25) is 0 Å². The number of nitrogens with zero attached hydrogens (tertiary/aromatic N) is 4. The third-order valence-corrected chi connectivity index (χ3v) is 13.1. The van der Waals surface area contributed by atoms with Crippen molar-refractivity contribution >= 4 is 73.0 Å². The molecule has 12 nitrogen and oxygen atoms in total. The van der Waals surface area contributed by atoms with Gasteiger partial charge in [-0.05, 0) is 71.8 Å². The van der Waals surface area contributed by atoms with E-state index in [9.17, 15) is 25.9 Å². The molecule has 0 bridgehead atoms. The number of fused-ring (bicyclic) bond motifs is 2. The van der Waals surface area contributed by atoms with Crippen LogP contribution in [0.5, 0.6) is 0 Å². The van der Waals surface area contributed by atoms with Gasteiger partial charge in [-0.2, -0.15) is 16.8 Å². The highest BCUT2D eigenvalue weighted by molar-refractivity contribution is 8.72. The maximum Gasteiger partial charge on any atom is 0.294 e. The first-order chi connectivity index (χ1) is 15.0. The second kappa shape index (κ2) is 10.8. The molecule has 190 valence electrons. The van der Waals surface area contributed by atoms with Gasteiger partial charge in [0.25, 0.3) is 20.2 Å². The molecule has 2 atom stereocenters. The quantitative estimate of drug-likeness (QED) is 0.219. The zero-order valence-electron chi connectivity index (χ0n) is 18.1. The smallest absolute Gasteiger partial charge is 0.294 e.